The van der Waals surface area contributed by atoms with Crippen molar-refractivity contribution in [2.45, 2.75) is 32.1 Å². The fourth-order valence-electron chi connectivity index (χ4n) is 3.83. The number of rotatable bonds is 7. The summed E-state index contributed by atoms with van der Waals surface area (Å²) >= 11 is 0. The van der Waals surface area contributed by atoms with Gasteiger partial charge < -0.3 is 15.0 Å². The summed E-state index contributed by atoms with van der Waals surface area (Å²) in [5, 5.41) is 5.93. The predicted molar refractivity (Wildman–Crippen MR) is 116 cm³/mol. The molecule has 1 fully saturated rings. The predicted octanol–water partition coefficient (Wildman–Crippen LogP) is 4.02. The van der Waals surface area contributed by atoms with Gasteiger partial charge in [-0.25, -0.2) is 9.37 Å². The summed E-state index contributed by atoms with van der Waals surface area (Å²) in [6, 6.07) is 7.93. The van der Waals surface area contributed by atoms with Crippen molar-refractivity contribution in [3.05, 3.63) is 70.9 Å². The third-order valence-corrected chi connectivity index (χ3v) is 5.56. The Balaban J connectivity index is 1.50. The summed E-state index contributed by atoms with van der Waals surface area (Å²) in [5.74, 6) is -0.910. The Morgan fingerprint density at radius 2 is 1.94 bits per heavy atom. The molecule has 4 rings (SSSR count). The van der Waals surface area contributed by atoms with Gasteiger partial charge in [-0.3, -0.25) is 9.48 Å². The maximum Gasteiger partial charge on any atom is 0.435 e. The second kappa shape index (κ2) is 9.70. The molecule has 1 aromatic carbocycles. The second-order valence-corrected chi connectivity index (χ2v) is 7.92. The van der Waals surface area contributed by atoms with Crippen molar-refractivity contribution in [3.63, 3.8) is 0 Å². The molecule has 1 aliphatic heterocycles. The number of benzene rings is 1. The lowest BCUT2D eigenvalue weighted by molar-refractivity contribution is -0.141. The second-order valence-electron chi connectivity index (χ2n) is 7.92. The van der Waals surface area contributed by atoms with E-state index in [2.05, 4.69) is 20.3 Å². The van der Waals surface area contributed by atoms with Crippen LogP contribution in [0.5, 0.6) is 5.75 Å². The monoisotopic (exact) mass is 477 g/mol. The zero-order chi connectivity index (χ0) is 24.3. The van der Waals surface area contributed by atoms with Crippen molar-refractivity contribution in [3.8, 4) is 5.75 Å². The molecule has 3 aromatic rings. The molecule has 180 valence electrons. The highest BCUT2D eigenvalue weighted by Gasteiger charge is 2.39. The van der Waals surface area contributed by atoms with Crippen LogP contribution < -0.4 is 15.0 Å². The Hall–Kier alpha value is -3.63. The lowest BCUT2D eigenvalue weighted by atomic mass is 10.1. The number of methoxy groups -OCH3 is 1. The van der Waals surface area contributed by atoms with Crippen molar-refractivity contribution < 1.29 is 27.1 Å². The van der Waals surface area contributed by atoms with Crippen LogP contribution in [-0.4, -0.2) is 40.9 Å². The fourth-order valence-corrected chi connectivity index (χ4v) is 3.83. The van der Waals surface area contributed by atoms with Crippen molar-refractivity contribution in [1.82, 2.24) is 20.1 Å². The van der Waals surface area contributed by atoms with Gasteiger partial charge in [-0.05, 0) is 30.5 Å². The van der Waals surface area contributed by atoms with Gasteiger partial charge in [-0.15, -0.1) is 0 Å². The van der Waals surface area contributed by atoms with Gasteiger partial charge >= 0.3 is 6.18 Å². The number of amides is 1. The number of hydrogen-bond donors (Lipinski definition) is 1. The third kappa shape index (κ3) is 5.13. The molecule has 0 radical (unpaired) electrons. The highest BCUT2D eigenvalue weighted by Crippen LogP contribution is 2.31. The Bertz CT molecular complexity index is 1160. The maximum atomic E-state index is 14.3. The number of ether oxygens (including phenoxy) is 1. The maximum absolute atomic E-state index is 14.3. The van der Waals surface area contributed by atoms with Gasteiger partial charge in [0, 0.05) is 37.6 Å². The van der Waals surface area contributed by atoms with E-state index in [1.165, 1.54) is 25.3 Å². The molecule has 34 heavy (non-hydrogen) atoms. The first-order valence-corrected chi connectivity index (χ1v) is 10.7. The third-order valence-electron chi connectivity index (χ3n) is 5.56. The first-order valence-electron chi connectivity index (χ1n) is 10.7. The molecule has 0 spiro atoms. The number of alkyl halides is 3. The summed E-state index contributed by atoms with van der Waals surface area (Å²) in [6.07, 6.45) is -0.00213. The van der Waals surface area contributed by atoms with Crippen LogP contribution in [0.2, 0.25) is 0 Å². The van der Waals surface area contributed by atoms with Crippen LogP contribution in [0.25, 0.3) is 0 Å². The van der Waals surface area contributed by atoms with Crippen LogP contribution in [0.1, 0.15) is 40.0 Å². The van der Waals surface area contributed by atoms with Crippen LogP contribution in [0.4, 0.5) is 23.4 Å². The lowest BCUT2D eigenvalue weighted by Gasteiger charge is -2.16. The molecule has 0 saturated carbocycles. The van der Waals surface area contributed by atoms with Gasteiger partial charge in [0.25, 0.3) is 5.91 Å². The normalized spacial score (nSPS) is 13.9. The molecule has 0 atom stereocenters. The molecule has 0 unspecified atom stereocenters. The minimum Gasteiger partial charge on any atom is -0.494 e. The van der Waals surface area contributed by atoms with Gasteiger partial charge in [-0.2, -0.15) is 18.3 Å². The number of nitrogens with one attached hydrogen (secondary N) is 1. The number of pyridine rings is 1. The Labute approximate surface area is 193 Å². The van der Waals surface area contributed by atoms with Gasteiger partial charge in [0.1, 0.15) is 5.82 Å². The van der Waals surface area contributed by atoms with E-state index < -0.39 is 29.2 Å². The van der Waals surface area contributed by atoms with E-state index in [1.54, 1.807) is 12.3 Å². The first kappa shape index (κ1) is 23.5. The lowest BCUT2D eigenvalue weighted by Crippen LogP contribution is -2.25. The molecule has 0 bridgehead atoms. The summed E-state index contributed by atoms with van der Waals surface area (Å²) in [7, 11) is 1.29. The molecule has 1 saturated heterocycles. The first-order chi connectivity index (χ1) is 16.3. The van der Waals surface area contributed by atoms with Gasteiger partial charge in [0.15, 0.2) is 17.3 Å². The van der Waals surface area contributed by atoms with E-state index in [-0.39, 0.29) is 24.4 Å². The van der Waals surface area contributed by atoms with E-state index in [0.717, 1.165) is 42.6 Å². The van der Waals surface area contributed by atoms with E-state index in [4.69, 9.17) is 4.74 Å². The topological polar surface area (TPSA) is 72.3 Å². The van der Waals surface area contributed by atoms with Crippen molar-refractivity contribution in [2.24, 2.45) is 0 Å². The van der Waals surface area contributed by atoms with Crippen molar-refractivity contribution in [1.29, 1.82) is 0 Å². The molecule has 2 aromatic heterocycles. The van der Waals surface area contributed by atoms with Gasteiger partial charge in [0.05, 0.1) is 19.2 Å². The van der Waals surface area contributed by atoms with Crippen LogP contribution in [0.15, 0.2) is 42.7 Å². The summed E-state index contributed by atoms with van der Waals surface area (Å²) in [5.41, 5.74) is -1.22. The largest absolute Gasteiger partial charge is 0.494 e. The van der Waals surface area contributed by atoms with Crippen LogP contribution in [0, 0.1) is 5.82 Å². The number of halogens is 4. The van der Waals surface area contributed by atoms with Crippen molar-refractivity contribution in [2.75, 3.05) is 25.1 Å². The summed E-state index contributed by atoms with van der Waals surface area (Å²) in [4.78, 5) is 19.1. The van der Waals surface area contributed by atoms with Crippen molar-refractivity contribution >= 4 is 11.7 Å². The Morgan fingerprint density at radius 3 is 2.59 bits per heavy atom. The highest BCUT2D eigenvalue weighted by molar-refractivity contribution is 5.95. The zero-order valence-corrected chi connectivity index (χ0v) is 18.4. The summed E-state index contributed by atoms with van der Waals surface area (Å²) in [6.45, 7) is 1.55. The number of anilines is 1. The SMILES string of the molecule is COc1cccc(CNC(=O)c2cn(Cc3ccc(N4CCCC4)nc3)nc2C(F)(F)F)c1F. The molecular formula is C23H23F4N5O2. The number of nitrogens with zero attached hydrogens (tertiary/aromatic N) is 4. The minimum absolute atomic E-state index is 0.00809. The minimum atomic E-state index is -4.84. The molecule has 7 nitrogen and oxygen atoms in total. The van der Waals surface area contributed by atoms with Crippen LogP contribution >= 0.6 is 0 Å². The fraction of sp³-hybridized carbons (Fsp3) is 0.348. The molecular weight excluding hydrogens is 454 g/mol. The summed E-state index contributed by atoms with van der Waals surface area (Å²) < 4.78 is 60.9. The average Bonchev–Trinajstić information content (AvgIpc) is 3.49. The van der Waals surface area contributed by atoms with E-state index in [0.29, 0.717) is 5.56 Å². The molecule has 1 aliphatic rings. The van der Waals surface area contributed by atoms with E-state index >= 15 is 0 Å². The Morgan fingerprint density at radius 1 is 1.18 bits per heavy atom. The van der Waals surface area contributed by atoms with E-state index in [9.17, 15) is 22.4 Å². The quantitative estimate of drug-likeness (QED) is 0.521. The molecule has 11 heteroatoms. The smallest absolute Gasteiger partial charge is 0.435 e. The van der Waals surface area contributed by atoms with Gasteiger partial charge in [-0.1, -0.05) is 18.2 Å². The number of carbonyl (C=O) groups excluding carboxylic acids is 1. The van der Waals surface area contributed by atoms with Gasteiger partial charge in [0.2, 0.25) is 0 Å². The standard InChI is InChI=1S/C23H23F4N5O2/c1-34-18-6-4-5-16(20(18)24)12-29-22(33)17-14-32(30-21(17)23(25,26)27)13-15-7-8-19(28-11-15)31-9-2-3-10-31/h4-8,11,14H,2-3,9-10,12-13H2,1H3,(H,29,33). The molecule has 1 N–H and O–H groups in total. The number of aromatic nitrogens is 3. The molecule has 3 heterocycles. The van der Waals surface area contributed by atoms with E-state index in [1.807, 2.05) is 6.07 Å². The molecule has 0 aliphatic carbocycles. The average molecular weight is 477 g/mol. The van der Waals surface area contributed by atoms with Crippen LogP contribution in [-0.2, 0) is 19.3 Å². The Kier molecular flexibility index (Phi) is 6.71. The highest BCUT2D eigenvalue weighted by atomic mass is 19.4. The van der Waals surface area contributed by atoms with Crippen LogP contribution in [0.3, 0.4) is 0 Å². The number of carbonyl (C=O) groups is 1. The zero-order valence-electron chi connectivity index (χ0n) is 18.4. The number of hydrogen-bond acceptors (Lipinski definition) is 5. The molecule has 1 amide bonds.